The predicted molar refractivity (Wildman–Crippen MR) is 83.6 cm³/mol. The zero-order chi connectivity index (χ0) is 14.2. The van der Waals surface area contributed by atoms with Gasteiger partial charge in [0, 0.05) is 30.2 Å². The minimum atomic E-state index is 0.156. The van der Waals surface area contributed by atoms with Crippen molar-refractivity contribution in [1.29, 1.82) is 0 Å². The van der Waals surface area contributed by atoms with Crippen molar-refractivity contribution in [2.75, 3.05) is 6.54 Å². The normalized spacial score (nSPS) is 24.3. The van der Waals surface area contributed by atoms with E-state index in [2.05, 4.69) is 4.98 Å². The Morgan fingerprint density at radius 3 is 2.95 bits per heavy atom. The zero-order valence-electron chi connectivity index (χ0n) is 11.9. The number of carbonyl (C=O) groups is 1. The van der Waals surface area contributed by atoms with Crippen molar-refractivity contribution in [3.05, 3.63) is 48.2 Å². The second-order valence-corrected chi connectivity index (χ2v) is 6.07. The number of benzene rings is 1. The van der Waals surface area contributed by atoms with E-state index in [1.54, 1.807) is 12.3 Å². The largest absolute Gasteiger partial charge is 0.336 e. The molecule has 2 bridgehead atoms. The number of rotatable bonds is 2. The number of fused-ring (bicyclic) bond motifs is 3. The van der Waals surface area contributed by atoms with E-state index in [9.17, 15) is 4.79 Å². The lowest BCUT2D eigenvalue weighted by molar-refractivity contribution is -0.127. The molecule has 2 aromatic rings. The number of hydrogen-bond donors (Lipinski definition) is 0. The monoisotopic (exact) mass is 278 g/mol. The molecular weight excluding hydrogens is 260 g/mol. The maximum Gasteiger partial charge on any atom is 0.246 e. The molecule has 3 heteroatoms. The van der Waals surface area contributed by atoms with Crippen LogP contribution in [-0.2, 0) is 4.79 Å². The van der Waals surface area contributed by atoms with Crippen LogP contribution in [0.4, 0.5) is 0 Å². The van der Waals surface area contributed by atoms with Gasteiger partial charge < -0.3 is 4.90 Å². The highest BCUT2D eigenvalue weighted by Crippen LogP contribution is 2.37. The first-order valence-corrected chi connectivity index (χ1v) is 7.64. The van der Waals surface area contributed by atoms with Crippen LogP contribution in [0.25, 0.3) is 17.0 Å². The Hall–Kier alpha value is -2.16. The average Bonchev–Trinajstić information content (AvgIpc) is 3.15. The van der Waals surface area contributed by atoms with Crippen LogP contribution < -0.4 is 0 Å². The first-order chi connectivity index (χ1) is 10.3. The third kappa shape index (κ3) is 2.23. The Balaban J connectivity index is 1.58. The van der Waals surface area contributed by atoms with E-state index in [4.69, 9.17) is 0 Å². The fraction of sp³-hybridized carbons (Fsp3) is 0.333. The lowest BCUT2D eigenvalue weighted by Crippen LogP contribution is -2.36. The van der Waals surface area contributed by atoms with Crippen molar-refractivity contribution in [3.63, 3.8) is 0 Å². The summed E-state index contributed by atoms with van der Waals surface area (Å²) >= 11 is 0. The summed E-state index contributed by atoms with van der Waals surface area (Å²) in [5, 5.41) is 1.09. The van der Waals surface area contributed by atoms with Crippen LogP contribution in [0.2, 0.25) is 0 Å². The number of carbonyl (C=O) groups excluding carboxylic acids is 1. The van der Waals surface area contributed by atoms with Gasteiger partial charge in [-0.2, -0.15) is 0 Å². The molecule has 3 nitrogen and oxygen atoms in total. The van der Waals surface area contributed by atoms with Crippen molar-refractivity contribution in [3.8, 4) is 0 Å². The molecule has 106 valence electrons. The second-order valence-electron chi connectivity index (χ2n) is 6.07. The molecule has 1 aromatic heterocycles. The highest BCUT2D eigenvalue weighted by Gasteiger charge is 2.39. The standard InChI is InChI=1S/C18H18N2O/c21-18(20-12-13-5-7-15(20)11-13)8-6-14-9-10-19-17-4-2-1-3-16(14)17/h1-4,6,8-10,13,15H,5,7,11-12H2/b8-6+/t13-,15-/m0/s1. The summed E-state index contributed by atoms with van der Waals surface area (Å²) in [6.07, 6.45) is 9.14. The van der Waals surface area contributed by atoms with Crippen molar-refractivity contribution in [2.24, 2.45) is 5.92 Å². The highest BCUT2D eigenvalue weighted by molar-refractivity contribution is 5.96. The molecule has 1 aromatic carbocycles. The van der Waals surface area contributed by atoms with Gasteiger partial charge in [-0.3, -0.25) is 9.78 Å². The molecule has 2 fully saturated rings. The van der Waals surface area contributed by atoms with Crippen LogP contribution in [-0.4, -0.2) is 28.4 Å². The van der Waals surface area contributed by atoms with E-state index >= 15 is 0 Å². The van der Waals surface area contributed by atoms with Gasteiger partial charge in [-0.05, 0) is 49.0 Å². The molecule has 1 aliphatic heterocycles. The summed E-state index contributed by atoms with van der Waals surface area (Å²) in [5.74, 6) is 0.900. The molecule has 4 rings (SSSR count). The maximum atomic E-state index is 12.4. The number of hydrogen-bond acceptors (Lipinski definition) is 2. The summed E-state index contributed by atoms with van der Waals surface area (Å²) in [4.78, 5) is 18.8. The first kappa shape index (κ1) is 12.6. The SMILES string of the molecule is O=C(/C=C/c1ccnc2ccccc12)N1C[C@H]2CC[C@H]1C2. The lowest BCUT2D eigenvalue weighted by atomic mass is 10.1. The van der Waals surface area contributed by atoms with Crippen LogP contribution in [0.3, 0.4) is 0 Å². The molecule has 21 heavy (non-hydrogen) atoms. The van der Waals surface area contributed by atoms with Crippen molar-refractivity contribution in [2.45, 2.75) is 25.3 Å². The van der Waals surface area contributed by atoms with Gasteiger partial charge in [0.15, 0.2) is 0 Å². The summed E-state index contributed by atoms with van der Waals surface area (Å²) in [6.45, 7) is 0.949. The predicted octanol–water partition coefficient (Wildman–Crippen LogP) is 3.26. The quantitative estimate of drug-likeness (QED) is 0.790. The summed E-state index contributed by atoms with van der Waals surface area (Å²) in [5.41, 5.74) is 2.02. The van der Waals surface area contributed by atoms with E-state index in [-0.39, 0.29) is 5.91 Å². The Kier molecular flexibility index (Phi) is 2.99. The number of pyridine rings is 1. The molecule has 2 heterocycles. The Bertz CT molecular complexity index is 717. The van der Waals surface area contributed by atoms with Gasteiger partial charge in [0.25, 0.3) is 0 Å². The van der Waals surface area contributed by atoms with Gasteiger partial charge >= 0.3 is 0 Å². The Labute approximate surface area is 124 Å². The minimum Gasteiger partial charge on any atom is -0.336 e. The van der Waals surface area contributed by atoms with Gasteiger partial charge in [-0.25, -0.2) is 0 Å². The Morgan fingerprint density at radius 1 is 1.24 bits per heavy atom. The third-order valence-electron chi connectivity index (χ3n) is 4.78. The van der Waals surface area contributed by atoms with Crippen molar-refractivity contribution >= 4 is 22.9 Å². The molecular formula is C18H18N2O. The van der Waals surface area contributed by atoms with E-state index < -0.39 is 0 Å². The smallest absolute Gasteiger partial charge is 0.246 e. The molecule has 0 unspecified atom stereocenters. The number of likely N-dealkylation sites (tertiary alicyclic amines) is 1. The minimum absolute atomic E-state index is 0.156. The van der Waals surface area contributed by atoms with Gasteiger partial charge in [-0.15, -0.1) is 0 Å². The molecule has 0 spiro atoms. The van der Waals surface area contributed by atoms with Gasteiger partial charge in [0.05, 0.1) is 5.52 Å². The molecule has 2 aliphatic rings. The number of piperidine rings is 1. The van der Waals surface area contributed by atoms with E-state index in [0.29, 0.717) is 6.04 Å². The summed E-state index contributed by atoms with van der Waals surface area (Å²) in [6, 6.07) is 10.5. The topological polar surface area (TPSA) is 33.2 Å². The molecule has 0 radical (unpaired) electrons. The fourth-order valence-corrected chi connectivity index (χ4v) is 3.71. The molecule has 2 atom stereocenters. The highest BCUT2D eigenvalue weighted by atomic mass is 16.2. The van der Waals surface area contributed by atoms with Crippen LogP contribution in [0.5, 0.6) is 0 Å². The van der Waals surface area contributed by atoms with Crippen molar-refractivity contribution < 1.29 is 4.79 Å². The van der Waals surface area contributed by atoms with E-state index in [1.165, 1.54) is 19.3 Å². The summed E-state index contributed by atoms with van der Waals surface area (Å²) in [7, 11) is 0. The van der Waals surface area contributed by atoms with Crippen molar-refractivity contribution in [1.82, 2.24) is 9.88 Å². The third-order valence-corrected chi connectivity index (χ3v) is 4.78. The number of nitrogens with zero attached hydrogens (tertiary/aromatic N) is 2. The van der Waals surface area contributed by atoms with Gasteiger partial charge in [0.2, 0.25) is 5.91 Å². The molecule has 1 aliphatic carbocycles. The van der Waals surface area contributed by atoms with Crippen LogP contribution >= 0.6 is 0 Å². The zero-order valence-corrected chi connectivity index (χ0v) is 11.9. The fourth-order valence-electron chi connectivity index (χ4n) is 3.71. The van der Waals surface area contributed by atoms with Gasteiger partial charge in [-0.1, -0.05) is 18.2 Å². The summed E-state index contributed by atoms with van der Waals surface area (Å²) < 4.78 is 0. The van der Waals surface area contributed by atoms with E-state index in [0.717, 1.165) is 28.9 Å². The van der Waals surface area contributed by atoms with Gasteiger partial charge in [0.1, 0.15) is 0 Å². The number of para-hydroxylation sites is 1. The average molecular weight is 278 g/mol. The number of amides is 1. The maximum absolute atomic E-state index is 12.4. The molecule has 0 N–H and O–H groups in total. The first-order valence-electron chi connectivity index (χ1n) is 7.64. The second kappa shape index (κ2) is 4.99. The van der Waals surface area contributed by atoms with E-state index in [1.807, 2.05) is 41.3 Å². The number of aromatic nitrogens is 1. The molecule has 1 saturated heterocycles. The Morgan fingerprint density at radius 2 is 2.14 bits per heavy atom. The van der Waals surface area contributed by atoms with Crippen LogP contribution in [0, 0.1) is 5.92 Å². The lowest BCUT2D eigenvalue weighted by Gasteiger charge is -2.25. The van der Waals surface area contributed by atoms with Crippen LogP contribution in [0.1, 0.15) is 24.8 Å². The molecule has 1 saturated carbocycles. The molecule has 1 amide bonds. The van der Waals surface area contributed by atoms with Crippen LogP contribution in [0.15, 0.2) is 42.6 Å².